The number of hydrogen-bond acceptors (Lipinski definition) is 5. The molecule has 3 rings (SSSR count). The quantitative estimate of drug-likeness (QED) is 0.799. The summed E-state index contributed by atoms with van der Waals surface area (Å²) in [5.41, 5.74) is 0.148. The van der Waals surface area contributed by atoms with Gasteiger partial charge >= 0.3 is 0 Å². The molecular formula is C13H9NO5S. The molecule has 0 unspecified atom stereocenters. The Balaban J connectivity index is 2.00. The first-order chi connectivity index (χ1) is 9.54. The van der Waals surface area contributed by atoms with E-state index in [1.165, 1.54) is 24.3 Å². The highest BCUT2D eigenvalue weighted by Crippen LogP contribution is 2.31. The van der Waals surface area contributed by atoms with E-state index in [1.807, 2.05) is 0 Å². The molecule has 6 nitrogen and oxygen atoms in total. The molecule has 0 saturated heterocycles. The zero-order valence-corrected chi connectivity index (χ0v) is 11.0. The zero-order valence-electron chi connectivity index (χ0n) is 10.1. The summed E-state index contributed by atoms with van der Waals surface area (Å²) in [6.07, 6.45) is 0.512. The van der Waals surface area contributed by atoms with Gasteiger partial charge in [0.05, 0.1) is 12.1 Å². The zero-order chi connectivity index (χ0) is 14.3. The summed E-state index contributed by atoms with van der Waals surface area (Å²) in [7, 11) is -3.86. The second-order valence-electron chi connectivity index (χ2n) is 4.23. The van der Waals surface area contributed by atoms with Crippen LogP contribution in [-0.2, 0) is 16.6 Å². The molecule has 1 aliphatic rings. The molecule has 2 aromatic rings. The maximum absolute atomic E-state index is 12.3. The van der Waals surface area contributed by atoms with E-state index in [2.05, 4.69) is 0 Å². The average molecular weight is 291 g/mol. The molecule has 2 heterocycles. The van der Waals surface area contributed by atoms with Crippen LogP contribution < -0.4 is 0 Å². The maximum atomic E-state index is 12.3. The van der Waals surface area contributed by atoms with E-state index in [-0.39, 0.29) is 28.5 Å². The minimum atomic E-state index is -3.86. The first-order valence-corrected chi connectivity index (χ1v) is 7.18. The Labute approximate surface area is 114 Å². The number of sulfonamides is 1. The molecule has 1 aromatic carbocycles. The molecular weight excluding hydrogens is 282 g/mol. The van der Waals surface area contributed by atoms with E-state index in [4.69, 9.17) is 4.42 Å². The molecule has 0 N–H and O–H groups in total. The minimum absolute atomic E-state index is 0.00725. The standard InChI is InChI=1S/C13H9NO5S/c15-8-10-6-5-9(19-10)7-14-13(16)11-3-1-2-4-12(11)20(14,17)18/h1-6,8H,7H2. The Morgan fingerprint density at radius 1 is 1.15 bits per heavy atom. The monoisotopic (exact) mass is 291 g/mol. The SMILES string of the molecule is O=Cc1ccc(CN2C(=O)c3ccccc3S2(=O)=O)o1. The second-order valence-corrected chi connectivity index (χ2v) is 6.07. The van der Waals surface area contributed by atoms with Crippen molar-refractivity contribution >= 4 is 22.2 Å². The lowest BCUT2D eigenvalue weighted by atomic mass is 10.2. The fraction of sp³-hybridized carbons (Fsp3) is 0.0769. The Kier molecular flexibility index (Phi) is 2.72. The van der Waals surface area contributed by atoms with Crippen LogP contribution in [0, 0.1) is 0 Å². The van der Waals surface area contributed by atoms with Crippen LogP contribution >= 0.6 is 0 Å². The molecule has 7 heteroatoms. The number of carbonyl (C=O) groups is 2. The van der Waals surface area contributed by atoms with E-state index in [9.17, 15) is 18.0 Å². The summed E-state index contributed by atoms with van der Waals surface area (Å²) in [5, 5.41) is 0. The molecule has 1 aromatic heterocycles. The highest BCUT2D eigenvalue weighted by molar-refractivity contribution is 7.90. The molecule has 20 heavy (non-hydrogen) atoms. The Morgan fingerprint density at radius 2 is 1.90 bits per heavy atom. The van der Waals surface area contributed by atoms with Crippen LogP contribution in [0.3, 0.4) is 0 Å². The van der Waals surface area contributed by atoms with Crippen molar-refractivity contribution in [1.82, 2.24) is 4.31 Å². The van der Waals surface area contributed by atoms with Crippen LogP contribution in [-0.4, -0.2) is 24.9 Å². The van der Waals surface area contributed by atoms with Crippen molar-refractivity contribution in [2.75, 3.05) is 0 Å². The molecule has 0 fully saturated rings. The highest BCUT2D eigenvalue weighted by atomic mass is 32.2. The summed E-state index contributed by atoms with van der Waals surface area (Å²) < 4.78 is 30.4. The highest BCUT2D eigenvalue weighted by Gasteiger charge is 2.41. The number of hydrogen-bond donors (Lipinski definition) is 0. The van der Waals surface area contributed by atoms with E-state index in [0.29, 0.717) is 6.29 Å². The molecule has 0 radical (unpaired) electrons. The predicted octanol–water partition coefficient (Wildman–Crippen LogP) is 1.44. The predicted molar refractivity (Wildman–Crippen MR) is 67.6 cm³/mol. The maximum Gasteiger partial charge on any atom is 0.269 e. The molecule has 0 atom stereocenters. The fourth-order valence-electron chi connectivity index (χ4n) is 2.07. The number of nitrogens with zero attached hydrogens (tertiary/aromatic N) is 1. The van der Waals surface area contributed by atoms with Gasteiger partial charge in [-0.1, -0.05) is 12.1 Å². The van der Waals surface area contributed by atoms with Crippen molar-refractivity contribution in [3.8, 4) is 0 Å². The van der Waals surface area contributed by atoms with Gasteiger partial charge in [0.1, 0.15) is 10.7 Å². The molecule has 102 valence electrons. The second kappa shape index (κ2) is 4.31. The normalized spacial score (nSPS) is 16.2. The molecule has 0 bridgehead atoms. The summed E-state index contributed by atoms with van der Waals surface area (Å²) in [6, 6.07) is 8.91. The number of carbonyl (C=O) groups excluding carboxylic acids is 2. The van der Waals surface area contributed by atoms with Crippen LogP contribution in [0.15, 0.2) is 45.7 Å². The smallest absolute Gasteiger partial charge is 0.269 e. The van der Waals surface area contributed by atoms with Crippen LogP contribution in [0.1, 0.15) is 26.7 Å². The van der Waals surface area contributed by atoms with Crippen LogP contribution in [0.5, 0.6) is 0 Å². The summed E-state index contributed by atoms with van der Waals surface area (Å²) in [4.78, 5) is 22.7. The average Bonchev–Trinajstić information content (AvgIpc) is 2.97. The molecule has 1 amide bonds. The van der Waals surface area contributed by atoms with Gasteiger partial charge in [0.25, 0.3) is 15.9 Å². The first-order valence-electron chi connectivity index (χ1n) is 5.74. The van der Waals surface area contributed by atoms with Gasteiger partial charge in [-0.25, -0.2) is 12.7 Å². The van der Waals surface area contributed by atoms with Gasteiger partial charge in [-0.3, -0.25) is 9.59 Å². The number of rotatable bonds is 3. The molecule has 0 saturated carbocycles. The fourth-order valence-corrected chi connectivity index (χ4v) is 3.61. The molecule has 0 spiro atoms. The van der Waals surface area contributed by atoms with Crippen molar-refractivity contribution in [2.24, 2.45) is 0 Å². The van der Waals surface area contributed by atoms with E-state index < -0.39 is 15.9 Å². The lowest BCUT2D eigenvalue weighted by Crippen LogP contribution is -2.29. The van der Waals surface area contributed by atoms with Crippen molar-refractivity contribution in [3.05, 3.63) is 53.5 Å². The van der Waals surface area contributed by atoms with Crippen LogP contribution in [0.25, 0.3) is 0 Å². The summed E-state index contributed by atoms with van der Waals surface area (Å²) >= 11 is 0. The van der Waals surface area contributed by atoms with Crippen molar-refractivity contribution in [3.63, 3.8) is 0 Å². The number of aldehydes is 1. The Hall–Kier alpha value is -2.41. The van der Waals surface area contributed by atoms with Crippen molar-refractivity contribution in [2.45, 2.75) is 11.4 Å². The topological polar surface area (TPSA) is 84.7 Å². The van der Waals surface area contributed by atoms with Gasteiger partial charge in [0, 0.05) is 0 Å². The minimum Gasteiger partial charge on any atom is -0.456 e. The third kappa shape index (κ3) is 1.75. The van der Waals surface area contributed by atoms with Gasteiger partial charge < -0.3 is 4.42 Å². The lowest BCUT2D eigenvalue weighted by Gasteiger charge is -2.12. The Morgan fingerprint density at radius 3 is 2.55 bits per heavy atom. The van der Waals surface area contributed by atoms with E-state index in [1.54, 1.807) is 12.1 Å². The van der Waals surface area contributed by atoms with Gasteiger partial charge in [0.15, 0.2) is 12.0 Å². The molecule has 1 aliphatic heterocycles. The molecule has 0 aliphatic carbocycles. The number of benzene rings is 1. The van der Waals surface area contributed by atoms with E-state index >= 15 is 0 Å². The summed E-state index contributed by atoms with van der Waals surface area (Å²) in [6.45, 7) is -0.232. The van der Waals surface area contributed by atoms with Crippen LogP contribution in [0.4, 0.5) is 0 Å². The van der Waals surface area contributed by atoms with Crippen molar-refractivity contribution in [1.29, 1.82) is 0 Å². The number of fused-ring (bicyclic) bond motifs is 1. The number of amides is 1. The van der Waals surface area contributed by atoms with Crippen LogP contribution in [0.2, 0.25) is 0 Å². The van der Waals surface area contributed by atoms with Crippen molar-refractivity contribution < 1.29 is 22.4 Å². The van der Waals surface area contributed by atoms with Gasteiger partial charge in [-0.15, -0.1) is 0 Å². The third-order valence-corrected chi connectivity index (χ3v) is 4.80. The Bertz CT molecular complexity index is 806. The van der Waals surface area contributed by atoms with Gasteiger partial charge in [-0.05, 0) is 24.3 Å². The lowest BCUT2D eigenvalue weighted by molar-refractivity contribution is 0.0858. The van der Waals surface area contributed by atoms with Gasteiger partial charge in [-0.2, -0.15) is 0 Å². The first kappa shape index (κ1) is 12.6. The van der Waals surface area contributed by atoms with E-state index in [0.717, 1.165) is 4.31 Å². The third-order valence-electron chi connectivity index (χ3n) is 3.01. The number of furan rings is 1. The largest absolute Gasteiger partial charge is 0.456 e. The van der Waals surface area contributed by atoms with Gasteiger partial charge in [0.2, 0.25) is 0 Å². The summed E-state index contributed by atoms with van der Waals surface area (Å²) in [5.74, 6) is -0.275.